The van der Waals surface area contributed by atoms with Crippen LogP contribution in [0.4, 0.5) is 11.9 Å². The van der Waals surface area contributed by atoms with E-state index in [4.69, 9.17) is 4.74 Å². The molecule has 0 spiro atoms. The maximum Gasteiger partial charge on any atom is 0.341 e. The van der Waals surface area contributed by atoms with Gasteiger partial charge >= 0.3 is 5.97 Å². The van der Waals surface area contributed by atoms with Crippen LogP contribution in [0.2, 0.25) is 0 Å². The molecule has 3 rings (SSSR count). The van der Waals surface area contributed by atoms with Crippen LogP contribution in [0.15, 0.2) is 12.1 Å². The first-order valence-electron chi connectivity index (χ1n) is 8.85. The van der Waals surface area contributed by atoms with Gasteiger partial charge in [-0.15, -0.1) is 0 Å². The molecule has 0 unspecified atom stereocenters. The zero-order valence-corrected chi connectivity index (χ0v) is 16.5. The second-order valence-electron chi connectivity index (χ2n) is 6.55. The highest BCUT2D eigenvalue weighted by atomic mass is 16.5. The molecule has 1 N–H and O–H groups in total. The van der Waals surface area contributed by atoms with E-state index in [1.807, 2.05) is 13.8 Å². The summed E-state index contributed by atoms with van der Waals surface area (Å²) < 4.78 is 5.07. The van der Waals surface area contributed by atoms with Crippen molar-refractivity contribution in [3.05, 3.63) is 45.9 Å². The number of hydrogen-bond acceptors (Lipinski definition) is 7. The molecule has 0 aliphatic heterocycles. The van der Waals surface area contributed by atoms with Crippen LogP contribution in [0, 0.1) is 34.6 Å². The molecular formula is C20H23N5O2. The molecule has 0 amide bonds. The summed E-state index contributed by atoms with van der Waals surface area (Å²) >= 11 is 0. The van der Waals surface area contributed by atoms with Crippen molar-refractivity contribution in [3.8, 4) is 0 Å². The van der Waals surface area contributed by atoms with E-state index in [1.165, 1.54) is 5.56 Å². The molecule has 0 fully saturated rings. The van der Waals surface area contributed by atoms with Gasteiger partial charge in [0.05, 0.1) is 29.2 Å². The van der Waals surface area contributed by atoms with Gasteiger partial charge in [-0.25, -0.2) is 24.7 Å². The van der Waals surface area contributed by atoms with Crippen LogP contribution in [-0.2, 0) is 4.74 Å². The second kappa shape index (κ2) is 7.26. The molecule has 0 radical (unpaired) electrons. The summed E-state index contributed by atoms with van der Waals surface area (Å²) in [5, 5.41) is 4.09. The van der Waals surface area contributed by atoms with E-state index < -0.39 is 5.97 Å². The first-order valence-corrected chi connectivity index (χ1v) is 8.85. The minimum atomic E-state index is -0.414. The third-order valence-electron chi connectivity index (χ3n) is 4.30. The molecule has 0 saturated heterocycles. The SMILES string of the molecule is CCOC(=O)c1c(C)nc(Nc2nc(C)c3cc(C)cc(C)c3n2)nc1C. The Morgan fingerprint density at radius 1 is 0.926 bits per heavy atom. The summed E-state index contributed by atoms with van der Waals surface area (Å²) in [6, 6.07) is 4.18. The normalized spacial score (nSPS) is 10.9. The Labute approximate surface area is 158 Å². The molecular weight excluding hydrogens is 342 g/mol. The summed E-state index contributed by atoms with van der Waals surface area (Å²) in [6.07, 6.45) is 0. The van der Waals surface area contributed by atoms with Crippen LogP contribution < -0.4 is 5.32 Å². The van der Waals surface area contributed by atoms with Crippen molar-refractivity contribution in [2.45, 2.75) is 41.5 Å². The van der Waals surface area contributed by atoms with Gasteiger partial charge in [-0.05, 0) is 53.2 Å². The Hall–Kier alpha value is -3.09. The minimum absolute atomic E-state index is 0.306. The third kappa shape index (κ3) is 3.72. The number of benzene rings is 1. The molecule has 0 aliphatic carbocycles. The maximum absolute atomic E-state index is 12.1. The van der Waals surface area contributed by atoms with Crippen LogP contribution in [0.25, 0.3) is 10.9 Å². The number of carbonyl (C=O) groups excluding carboxylic acids is 1. The Morgan fingerprint density at radius 2 is 1.52 bits per heavy atom. The van der Waals surface area contributed by atoms with E-state index in [0.29, 0.717) is 35.5 Å². The van der Waals surface area contributed by atoms with Crippen LogP contribution in [0.5, 0.6) is 0 Å². The minimum Gasteiger partial charge on any atom is -0.462 e. The van der Waals surface area contributed by atoms with Gasteiger partial charge in [0.15, 0.2) is 0 Å². The number of esters is 1. The maximum atomic E-state index is 12.1. The fourth-order valence-corrected chi connectivity index (χ4v) is 3.16. The lowest BCUT2D eigenvalue weighted by atomic mass is 10.1. The van der Waals surface area contributed by atoms with Crippen LogP contribution in [-0.4, -0.2) is 32.5 Å². The molecule has 0 bridgehead atoms. The monoisotopic (exact) mass is 365 g/mol. The third-order valence-corrected chi connectivity index (χ3v) is 4.30. The summed E-state index contributed by atoms with van der Waals surface area (Å²) in [6.45, 7) is 11.6. The highest BCUT2D eigenvalue weighted by Crippen LogP contribution is 2.23. The van der Waals surface area contributed by atoms with E-state index >= 15 is 0 Å². The Bertz CT molecular complexity index is 1020. The number of nitrogens with one attached hydrogen (secondary N) is 1. The predicted molar refractivity (Wildman–Crippen MR) is 104 cm³/mol. The van der Waals surface area contributed by atoms with E-state index in [1.54, 1.807) is 20.8 Å². The van der Waals surface area contributed by atoms with Gasteiger partial charge in [0, 0.05) is 5.39 Å². The Kier molecular flexibility index (Phi) is 5.03. The van der Waals surface area contributed by atoms with Gasteiger partial charge in [-0.2, -0.15) is 0 Å². The van der Waals surface area contributed by atoms with Crippen molar-refractivity contribution in [1.82, 2.24) is 19.9 Å². The standard InChI is InChI=1S/C20H23N5O2/c1-7-27-18(26)16-13(5)22-19(23-14(16)6)25-20-21-12(4)15-9-10(2)8-11(3)17(15)24-20/h8-9H,7H2,1-6H3,(H,21,22,23,24,25). The van der Waals surface area contributed by atoms with Crippen LogP contribution >= 0.6 is 0 Å². The number of rotatable bonds is 4. The fraction of sp³-hybridized carbons (Fsp3) is 0.350. The number of carbonyl (C=O) groups is 1. The van der Waals surface area contributed by atoms with Crippen molar-refractivity contribution in [2.75, 3.05) is 11.9 Å². The first kappa shape index (κ1) is 18.7. The molecule has 0 saturated carbocycles. The molecule has 1 aromatic carbocycles. The van der Waals surface area contributed by atoms with E-state index in [9.17, 15) is 4.79 Å². The van der Waals surface area contributed by atoms with Crippen LogP contribution in [0.1, 0.15) is 45.5 Å². The molecule has 2 aromatic heterocycles. The van der Waals surface area contributed by atoms with Gasteiger partial charge in [0.1, 0.15) is 5.56 Å². The fourth-order valence-electron chi connectivity index (χ4n) is 3.16. The summed E-state index contributed by atoms with van der Waals surface area (Å²) in [4.78, 5) is 30.0. The van der Waals surface area contributed by atoms with E-state index in [0.717, 1.165) is 22.2 Å². The highest BCUT2D eigenvalue weighted by Gasteiger charge is 2.18. The van der Waals surface area contributed by atoms with Gasteiger partial charge in [-0.1, -0.05) is 11.6 Å². The smallest absolute Gasteiger partial charge is 0.341 e. The van der Waals surface area contributed by atoms with Crippen molar-refractivity contribution in [2.24, 2.45) is 0 Å². The molecule has 27 heavy (non-hydrogen) atoms. The van der Waals surface area contributed by atoms with E-state index in [-0.39, 0.29) is 0 Å². The van der Waals surface area contributed by atoms with Crippen molar-refractivity contribution in [3.63, 3.8) is 0 Å². The first-order chi connectivity index (χ1) is 12.8. The Morgan fingerprint density at radius 3 is 2.15 bits per heavy atom. The van der Waals surface area contributed by atoms with Crippen molar-refractivity contribution >= 4 is 28.8 Å². The largest absolute Gasteiger partial charge is 0.462 e. The van der Waals surface area contributed by atoms with Crippen molar-refractivity contribution in [1.29, 1.82) is 0 Å². The van der Waals surface area contributed by atoms with Gasteiger partial charge in [-0.3, -0.25) is 5.32 Å². The Balaban J connectivity index is 1.99. The molecule has 2 heterocycles. The lowest BCUT2D eigenvalue weighted by Gasteiger charge is -2.12. The molecule has 140 valence electrons. The highest BCUT2D eigenvalue weighted by molar-refractivity contribution is 5.92. The zero-order valence-electron chi connectivity index (χ0n) is 16.5. The van der Waals surface area contributed by atoms with Gasteiger partial charge < -0.3 is 4.74 Å². The molecule has 7 heteroatoms. The second-order valence-corrected chi connectivity index (χ2v) is 6.55. The quantitative estimate of drug-likeness (QED) is 0.702. The molecule has 0 atom stereocenters. The summed E-state index contributed by atoms with van der Waals surface area (Å²) in [7, 11) is 0. The average molecular weight is 365 g/mol. The molecule has 7 nitrogen and oxygen atoms in total. The van der Waals surface area contributed by atoms with Crippen molar-refractivity contribution < 1.29 is 9.53 Å². The van der Waals surface area contributed by atoms with Gasteiger partial charge in [0.25, 0.3) is 0 Å². The number of aryl methyl sites for hydroxylation is 5. The molecule has 3 aromatic rings. The number of nitrogens with zero attached hydrogens (tertiary/aromatic N) is 4. The zero-order chi connectivity index (χ0) is 19.7. The number of anilines is 2. The number of hydrogen-bond donors (Lipinski definition) is 1. The molecule has 0 aliphatic rings. The van der Waals surface area contributed by atoms with Crippen LogP contribution in [0.3, 0.4) is 0 Å². The summed E-state index contributed by atoms with van der Waals surface area (Å²) in [5.74, 6) is 0.360. The average Bonchev–Trinajstić information content (AvgIpc) is 2.55. The summed E-state index contributed by atoms with van der Waals surface area (Å²) in [5.41, 5.74) is 5.53. The number of fused-ring (bicyclic) bond motifs is 1. The van der Waals surface area contributed by atoms with Gasteiger partial charge in [0.2, 0.25) is 11.9 Å². The predicted octanol–water partition coefficient (Wildman–Crippen LogP) is 3.88. The lowest BCUT2D eigenvalue weighted by molar-refractivity contribution is 0.0523. The number of ether oxygens (including phenoxy) is 1. The lowest BCUT2D eigenvalue weighted by Crippen LogP contribution is -2.13. The van der Waals surface area contributed by atoms with E-state index in [2.05, 4.69) is 44.3 Å². The topological polar surface area (TPSA) is 89.9 Å². The number of aromatic nitrogens is 4.